The van der Waals surface area contributed by atoms with Crippen LogP contribution in [0.4, 0.5) is 5.69 Å². The minimum atomic E-state index is -0.386. The number of nitrogens with one attached hydrogen (secondary N) is 1. The predicted octanol–water partition coefficient (Wildman–Crippen LogP) is 3.41. The van der Waals surface area contributed by atoms with Crippen molar-refractivity contribution in [1.82, 2.24) is 14.8 Å². The molecule has 5 rings (SSSR count). The molecule has 0 unspecified atom stereocenters. The molecule has 0 aliphatic carbocycles. The summed E-state index contributed by atoms with van der Waals surface area (Å²) in [6, 6.07) is 13.9. The minimum absolute atomic E-state index is 0.0172. The number of hydrogen-bond acceptors (Lipinski definition) is 8. The molecule has 2 aromatic carbocycles. The first-order valence-electron chi connectivity index (χ1n) is 13.3. The van der Waals surface area contributed by atoms with E-state index in [2.05, 4.69) is 22.1 Å². The number of pyridine rings is 1. The summed E-state index contributed by atoms with van der Waals surface area (Å²) in [6.45, 7) is 5.63. The first kappa shape index (κ1) is 27.4. The van der Waals surface area contributed by atoms with Crippen LogP contribution >= 0.6 is 0 Å². The summed E-state index contributed by atoms with van der Waals surface area (Å²) < 4.78 is 17.4. The van der Waals surface area contributed by atoms with Crippen molar-refractivity contribution >= 4 is 17.5 Å². The molecule has 0 spiro atoms. The van der Waals surface area contributed by atoms with Crippen LogP contribution in [0.5, 0.6) is 17.2 Å². The van der Waals surface area contributed by atoms with E-state index in [1.54, 1.807) is 47.6 Å². The van der Waals surface area contributed by atoms with Gasteiger partial charge >= 0.3 is 0 Å². The molecule has 0 saturated carbocycles. The zero-order valence-electron chi connectivity index (χ0n) is 22.9. The number of likely N-dealkylation sites (N-methyl/N-ethyl adjacent to an activating group) is 1. The molecule has 0 radical (unpaired) electrons. The van der Waals surface area contributed by atoms with Crippen molar-refractivity contribution in [1.29, 1.82) is 0 Å². The van der Waals surface area contributed by atoms with E-state index in [0.29, 0.717) is 42.2 Å². The van der Waals surface area contributed by atoms with E-state index >= 15 is 0 Å². The second-order valence-electron chi connectivity index (χ2n) is 10.4. The average Bonchev–Trinajstić information content (AvgIpc) is 3.43. The summed E-state index contributed by atoms with van der Waals surface area (Å²) >= 11 is 0. The molecule has 10 heteroatoms. The number of amides is 2. The fraction of sp³-hybridized carbons (Fsp3) is 0.367. The Labute approximate surface area is 233 Å². The lowest BCUT2D eigenvalue weighted by atomic mass is 9.99. The number of carbonyl (C=O) groups is 2. The highest BCUT2D eigenvalue weighted by Crippen LogP contribution is 2.33. The van der Waals surface area contributed by atoms with Crippen LogP contribution in [0.25, 0.3) is 0 Å². The van der Waals surface area contributed by atoms with Crippen LogP contribution in [0.15, 0.2) is 60.9 Å². The Morgan fingerprint density at radius 2 is 1.88 bits per heavy atom. The van der Waals surface area contributed by atoms with E-state index in [4.69, 9.17) is 14.2 Å². The number of nitrogens with zero attached hydrogens (tertiary/aromatic N) is 3. The van der Waals surface area contributed by atoms with Gasteiger partial charge < -0.3 is 29.5 Å². The van der Waals surface area contributed by atoms with Gasteiger partial charge in [-0.1, -0.05) is 13.0 Å². The monoisotopic (exact) mass is 546 g/mol. The molecule has 2 amide bonds. The van der Waals surface area contributed by atoms with Crippen LogP contribution < -0.4 is 19.5 Å². The Morgan fingerprint density at radius 3 is 2.65 bits per heavy atom. The van der Waals surface area contributed by atoms with Gasteiger partial charge in [-0.25, -0.2) is 0 Å². The minimum Gasteiger partial charge on any atom is -0.488 e. The normalized spacial score (nSPS) is 18.9. The lowest BCUT2D eigenvalue weighted by molar-refractivity contribution is 0.0341. The number of carbonyl (C=O) groups excluding carboxylic acids is 2. The number of aromatic nitrogens is 1. The summed E-state index contributed by atoms with van der Waals surface area (Å²) in [7, 11) is 2.03. The molecule has 3 atom stereocenters. The predicted molar refractivity (Wildman–Crippen MR) is 149 cm³/mol. The van der Waals surface area contributed by atoms with E-state index in [1.807, 2.05) is 32.2 Å². The Hall–Kier alpha value is -4.15. The van der Waals surface area contributed by atoms with Gasteiger partial charge in [0.1, 0.15) is 11.9 Å². The summed E-state index contributed by atoms with van der Waals surface area (Å²) in [5.74, 6) is 1.36. The van der Waals surface area contributed by atoms with Crippen molar-refractivity contribution in [3.63, 3.8) is 0 Å². The topological polar surface area (TPSA) is 113 Å². The first-order chi connectivity index (χ1) is 19.3. The van der Waals surface area contributed by atoms with Crippen molar-refractivity contribution in [2.75, 3.05) is 38.9 Å². The molecule has 1 aromatic heterocycles. The molecule has 3 heterocycles. The van der Waals surface area contributed by atoms with E-state index in [0.717, 1.165) is 17.1 Å². The summed E-state index contributed by atoms with van der Waals surface area (Å²) in [5, 5.41) is 12.8. The van der Waals surface area contributed by atoms with Gasteiger partial charge in [0.05, 0.1) is 18.2 Å². The van der Waals surface area contributed by atoms with Crippen molar-refractivity contribution in [2.45, 2.75) is 32.5 Å². The molecule has 2 aliphatic rings. The number of benzene rings is 2. The van der Waals surface area contributed by atoms with E-state index in [-0.39, 0.29) is 43.3 Å². The van der Waals surface area contributed by atoms with Crippen LogP contribution in [0.1, 0.15) is 40.1 Å². The third-order valence-corrected chi connectivity index (χ3v) is 7.25. The van der Waals surface area contributed by atoms with Gasteiger partial charge in [0.25, 0.3) is 11.8 Å². The number of fused-ring (bicyclic) bond motifs is 2. The Balaban J connectivity index is 1.37. The average molecular weight is 547 g/mol. The highest BCUT2D eigenvalue weighted by molar-refractivity contribution is 6.05. The highest BCUT2D eigenvalue weighted by Gasteiger charge is 2.33. The molecule has 3 aromatic rings. The van der Waals surface area contributed by atoms with E-state index < -0.39 is 0 Å². The Kier molecular flexibility index (Phi) is 8.18. The molecule has 0 saturated heterocycles. The summed E-state index contributed by atoms with van der Waals surface area (Å²) in [4.78, 5) is 34.2. The van der Waals surface area contributed by atoms with Crippen molar-refractivity contribution < 1.29 is 28.9 Å². The number of anilines is 1. The largest absolute Gasteiger partial charge is 0.488 e. The highest BCUT2D eigenvalue weighted by atomic mass is 16.7. The molecular formula is C30H34N4O6. The molecule has 10 nitrogen and oxygen atoms in total. The smallest absolute Gasteiger partial charge is 0.258 e. The number of ether oxygens (including phenoxy) is 3. The number of aliphatic hydroxyl groups excluding tert-OH is 1. The zero-order chi connectivity index (χ0) is 28.2. The zero-order valence-corrected chi connectivity index (χ0v) is 22.9. The van der Waals surface area contributed by atoms with Gasteiger partial charge in [0, 0.05) is 49.2 Å². The van der Waals surface area contributed by atoms with E-state index in [9.17, 15) is 14.7 Å². The molecule has 2 N–H and O–H groups in total. The van der Waals surface area contributed by atoms with Gasteiger partial charge in [-0.3, -0.25) is 19.5 Å². The van der Waals surface area contributed by atoms with Crippen LogP contribution in [-0.2, 0) is 6.54 Å². The maximum absolute atomic E-state index is 13.7. The third-order valence-electron chi connectivity index (χ3n) is 7.25. The molecule has 210 valence electrons. The van der Waals surface area contributed by atoms with Crippen molar-refractivity contribution in [3.8, 4) is 17.2 Å². The fourth-order valence-electron chi connectivity index (χ4n) is 4.95. The van der Waals surface area contributed by atoms with Crippen LogP contribution in [-0.4, -0.2) is 77.4 Å². The summed E-state index contributed by atoms with van der Waals surface area (Å²) in [5.41, 5.74) is 2.35. The van der Waals surface area contributed by atoms with Crippen LogP contribution in [0, 0.1) is 5.92 Å². The number of hydrogen-bond donors (Lipinski definition) is 2. The number of aliphatic hydroxyl groups is 1. The fourth-order valence-corrected chi connectivity index (χ4v) is 4.95. The van der Waals surface area contributed by atoms with Crippen molar-refractivity contribution in [3.05, 3.63) is 77.6 Å². The Morgan fingerprint density at radius 1 is 1.12 bits per heavy atom. The first-order valence-corrected chi connectivity index (χ1v) is 13.3. The van der Waals surface area contributed by atoms with Crippen LogP contribution in [0.2, 0.25) is 0 Å². The molecule has 40 heavy (non-hydrogen) atoms. The standard InChI is InChI=1S/C30H34N4O6/c1-19-14-34(20(2)17-35)30(37)24-13-23(32-29(36)22-8-10-31-11-9-22)5-7-25(24)40-28(19)16-33(3)15-21-4-6-26-27(12-21)39-18-38-26/h4-13,19-20,28,35H,14-18H2,1-3H3,(H,32,36)/t19-,20-,28-/m1/s1. The molecule has 0 fully saturated rings. The quantitative estimate of drug-likeness (QED) is 0.442. The third kappa shape index (κ3) is 6.03. The van der Waals surface area contributed by atoms with E-state index in [1.165, 1.54) is 0 Å². The van der Waals surface area contributed by atoms with Gasteiger partial charge in [-0.15, -0.1) is 0 Å². The SMILES string of the molecule is C[C@@H]1CN([C@H](C)CO)C(=O)c2cc(NC(=O)c3ccncc3)ccc2O[C@@H]1CN(C)Cc1ccc2c(c1)OCO2. The van der Waals surface area contributed by atoms with Gasteiger partial charge in [-0.2, -0.15) is 0 Å². The Bertz CT molecular complexity index is 1370. The van der Waals surface area contributed by atoms with Gasteiger partial charge in [-0.05, 0) is 62.0 Å². The molecular weight excluding hydrogens is 512 g/mol. The van der Waals surface area contributed by atoms with Gasteiger partial charge in [0.2, 0.25) is 6.79 Å². The second-order valence-corrected chi connectivity index (χ2v) is 10.4. The number of rotatable bonds is 8. The van der Waals surface area contributed by atoms with Crippen LogP contribution in [0.3, 0.4) is 0 Å². The lowest BCUT2D eigenvalue weighted by Gasteiger charge is -2.38. The van der Waals surface area contributed by atoms with Crippen molar-refractivity contribution in [2.24, 2.45) is 5.92 Å². The van der Waals surface area contributed by atoms with Gasteiger partial charge in [0.15, 0.2) is 11.5 Å². The summed E-state index contributed by atoms with van der Waals surface area (Å²) in [6.07, 6.45) is 2.86. The second kappa shape index (κ2) is 11.9. The maximum atomic E-state index is 13.7. The lowest BCUT2D eigenvalue weighted by Crippen LogP contribution is -2.49. The molecule has 2 aliphatic heterocycles. The maximum Gasteiger partial charge on any atom is 0.258 e. The molecule has 0 bridgehead atoms.